The quantitative estimate of drug-likeness (QED) is 0.586. The minimum atomic E-state index is -0.0962. The molecule has 0 aromatic carbocycles. The second kappa shape index (κ2) is 10.3. The van der Waals surface area contributed by atoms with Crippen LogP contribution in [0.25, 0.3) is 0 Å². The SMILES string of the molecule is CCCCOCCCNC(=O)NCC. The molecule has 14 heavy (non-hydrogen) atoms. The fraction of sp³-hybridized carbons (Fsp3) is 0.900. The number of carbonyl (C=O) groups excluding carboxylic acids is 1. The first-order chi connectivity index (χ1) is 6.81. The van der Waals surface area contributed by atoms with E-state index in [1.54, 1.807) is 0 Å². The lowest BCUT2D eigenvalue weighted by molar-refractivity contribution is 0.129. The van der Waals surface area contributed by atoms with E-state index in [0.29, 0.717) is 13.1 Å². The first kappa shape index (κ1) is 13.2. The molecule has 0 heterocycles. The van der Waals surface area contributed by atoms with Gasteiger partial charge in [0.1, 0.15) is 0 Å². The molecular weight excluding hydrogens is 180 g/mol. The molecule has 0 saturated heterocycles. The molecule has 2 amide bonds. The molecule has 0 aromatic heterocycles. The summed E-state index contributed by atoms with van der Waals surface area (Å²) < 4.78 is 5.34. The van der Waals surface area contributed by atoms with Gasteiger partial charge >= 0.3 is 6.03 Å². The molecule has 4 nitrogen and oxygen atoms in total. The van der Waals surface area contributed by atoms with Crippen LogP contribution in [0.1, 0.15) is 33.1 Å². The van der Waals surface area contributed by atoms with Crippen molar-refractivity contribution in [3.8, 4) is 0 Å². The fourth-order valence-corrected chi connectivity index (χ4v) is 0.948. The molecule has 0 aliphatic rings. The van der Waals surface area contributed by atoms with E-state index in [1.807, 2.05) is 6.92 Å². The number of amides is 2. The van der Waals surface area contributed by atoms with Crippen LogP contribution in [-0.2, 0) is 4.74 Å². The molecule has 0 unspecified atom stereocenters. The van der Waals surface area contributed by atoms with Crippen LogP contribution in [0.15, 0.2) is 0 Å². The van der Waals surface area contributed by atoms with Crippen molar-refractivity contribution in [1.82, 2.24) is 10.6 Å². The monoisotopic (exact) mass is 202 g/mol. The van der Waals surface area contributed by atoms with Gasteiger partial charge in [-0.25, -0.2) is 4.79 Å². The zero-order valence-corrected chi connectivity index (χ0v) is 9.27. The maximum atomic E-state index is 10.9. The van der Waals surface area contributed by atoms with Gasteiger partial charge in [-0.2, -0.15) is 0 Å². The highest BCUT2D eigenvalue weighted by Crippen LogP contribution is 1.88. The van der Waals surface area contributed by atoms with Crippen molar-refractivity contribution in [3.63, 3.8) is 0 Å². The van der Waals surface area contributed by atoms with E-state index >= 15 is 0 Å². The number of rotatable bonds is 8. The molecule has 0 aliphatic carbocycles. The Balaban J connectivity index is 3.01. The van der Waals surface area contributed by atoms with Gasteiger partial charge in [-0.3, -0.25) is 0 Å². The predicted molar refractivity (Wildman–Crippen MR) is 57.4 cm³/mol. The van der Waals surface area contributed by atoms with Crippen molar-refractivity contribution >= 4 is 6.03 Å². The number of hydrogen-bond donors (Lipinski definition) is 2. The van der Waals surface area contributed by atoms with E-state index in [1.165, 1.54) is 0 Å². The summed E-state index contributed by atoms with van der Waals surface area (Å²) in [7, 11) is 0. The molecule has 0 rings (SSSR count). The first-order valence-electron chi connectivity index (χ1n) is 5.40. The number of carbonyl (C=O) groups is 1. The van der Waals surface area contributed by atoms with Crippen molar-refractivity contribution in [3.05, 3.63) is 0 Å². The fourth-order valence-electron chi connectivity index (χ4n) is 0.948. The summed E-state index contributed by atoms with van der Waals surface area (Å²) in [5, 5.41) is 5.41. The van der Waals surface area contributed by atoms with Crippen LogP contribution in [-0.4, -0.2) is 32.3 Å². The Morgan fingerprint density at radius 2 is 1.86 bits per heavy atom. The Hall–Kier alpha value is -0.770. The largest absolute Gasteiger partial charge is 0.381 e. The standard InChI is InChI=1S/C10H22N2O2/c1-3-5-8-14-9-6-7-12-10(13)11-4-2/h3-9H2,1-2H3,(H2,11,12,13). The van der Waals surface area contributed by atoms with Crippen LogP contribution in [0, 0.1) is 0 Å². The van der Waals surface area contributed by atoms with Crippen molar-refractivity contribution in [2.24, 2.45) is 0 Å². The zero-order valence-electron chi connectivity index (χ0n) is 9.27. The van der Waals surface area contributed by atoms with E-state index in [9.17, 15) is 4.79 Å². The molecule has 0 spiro atoms. The summed E-state index contributed by atoms with van der Waals surface area (Å²) in [4.78, 5) is 10.9. The molecule has 0 aromatic rings. The Kier molecular flexibility index (Phi) is 9.74. The van der Waals surface area contributed by atoms with Crippen LogP contribution in [0.4, 0.5) is 4.79 Å². The Morgan fingerprint density at radius 3 is 2.50 bits per heavy atom. The van der Waals surface area contributed by atoms with E-state index in [0.717, 1.165) is 32.5 Å². The van der Waals surface area contributed by atoms with Gasteiger partial charge in [-0.1, -0.05) is 13.3 Å². The Labute approximate surface area is 86.4 Å². The smallest absolute Gasteiger partial charge is 0.314 e. The lowest BCUT2D eigenvalue weighted by atomic mass is 10.4. The van der Waals surface area contributed by atoms with E-state index < -0.39 is 0 Å². The second-order valence-corrected chi connectivity index (χ2v) is 3.11. The van der Waals surface area contributed by atoms with Crippen molar-refractivity contribution in [1.29, 1.82) is 0 Å². The van der Waals surface area contributed by atoms with Gasteiger partial charge in [-0.05, 0) is 19.8 Å². The maximum Gasteiger partial charge on any atom is 0.314 e. The highest BCUT2D eigenvalue weighted by molar-refractivity contribution is 5.73. The van der Waals surface area contributed by atoms with Crippen LogP contribution >= 0.6 is 0 Å². The summed E-state index contributed by atoms with van der Waals surface area (Å²) in [6.45, 7) is 6.94. The van der Waals surface area contributed by atoms with E-state index in [2.05, 4.69) is 17.6 Å². The van der Waals surface area contributed by atoms with Crippen LogP contribution < -0.4 is 10.6 Å². The average Bonchev–Trinajstić information content (AvgIpc) is 2.17. The molecule has 0 bridgehead atoms. The highest BCUT2D eigenvalue weighted by Gasteiger charge is 1.95. The van der Waals surface area contributed by atoms with Crippen molar-refractivity contribution < 1.29 is 9.53 Å². The van der Waals surface area contributed by atoms with Crippen LogP contribution in [0.3, 0.4) is 0 Å². The molecule has 2 N–H and O–H groups in total. The zero-order chi connectivity index (χ0) is 10.6. The summed E-state index contributed by atoms with van der Waals surface area (Å²) in [6, 6.07) is -0.0962. The molecule has 84 valence electrons. The lowest BCUT2D eigenvalue weighted by Gasteiger charge is -2.06. The van der Waals surface area contributed by atoms with Gasteiger partial charge in [0, 0.05) is 26.3 Å². The molecule has 0 radical (unpaired) electrons. The maximum absolute atomic E-state index is 10.9. The van der Waals surface area contributed by atoms with Gasteiger partial charge in [0.25, 0.3) is 0 Å². The third-order valence-corrected chi connectivity index (χ3v) is 1.73. The minimum absolute atomic E-state index is 0.0962. The van der Waals surface area contributed by atoms with Crippen LogP contribution in [0.2, 0.25) is 0 Å². The predicted octanol–water partition coefficient (Wildman–Crippen LogP) is 1.51. The third-order valence-electron chi connectivity index (χ3n) is 1.73. The Morgan fingerprint density at radius 1 is 1.14 bits per heavy atom. The minimum Gasteiger partial charge on any atom is -0.381 e. The summed E-state index contributed by atoms with van der Waals surface area (Å²) in [6.07, 6.45) is 3.15. The van der Waals surface area contributed by atoms with E-state index in [-0.39, 0.29) is 6.03 Å². The van der Waals surface area contributed by atoms with Gasteiger partial charge in [0.15, 0.2) is 0 Å². The molecule has 0 aliphatic heterocycles. The number of hydrogen-bond acceptors (Lipinski definition) is 2. The summed E-state index contributed by atoms with van der Waals surface area (Å²) >= 11 is 0. The number of unbranched alkanes of at least 4 members (excludes halogenated alkanes) is 1. The molecule has 0 fully saturated rings. The molecule has 0 saturated carbocycles. The highest BCUT2D eigenvalue weighted by atomic mass is 16.5. The number of ether oxygens (including phenoxy) is 1. The first-order valence-corrected chi connectivity index (χ1v) is 5.40. The topological polar surface area (TPSA) is 50.4 Å². The van der Waals surface area contributed by atoms with Crippen LogP contribution in [0.5, 0.6) is 0 Å². The number of urea groups is 1. The summed E-state index contributed by atoms with van der Waals surface area (Å²) in [5.74, 6) is 0. The molecule has 0 atom stereocenters. The van der Waals surface area contributed by atoms with Gasteiger partial charge < -0.3 is 15.4 Å². The van der Waals surface area contributed by atoms with E-state index in [4.69, 9.17) is 4.74 Å². The van der Waals surface area contributed by atoms with Gasteiger partial charge in [0.05, 0.1) is 0 Å². The summed E-state index contributed by atoms with van der Waals surface area (Å²) in [5.41, 5.74) is 0. The third kappa shape index (κ3) is 9.32. The molecule has 4 heteroatoms. The van der Waals surface area contributed by atoms with Gasteiger partial charge in [0.2, 0.25) is 0 Å². The average molecular weight is 202 g/mol. The lowest BCUT2D eigenvalue weighted by Crippen LogP contribution is -2.36. The normalized spacial score (nSPS) is 9.86. The Bertz CT molecular complexity index is 140. The second-order valence-electron chi connectivity index (χ2n) is 3.11. The van der Waals surface area contributed by atoms with Gasteiger partial charge in [-0.15, -0.1) is 0 Å². The van der Waals surface area contributed by atoms with Crippen molar-refractivity contribution in [2.75, 3.05) is 26.3 Å². The number of nitrogens with one attached hydrogen (secondary N) is 2. The van der Waals surface area contributed by atoms with Crippen molar-refractivity contribution in [2.45, 2.75) is 33.1 Å². The molecular formula is C10H22N2O2.